The highest BCUT2D eigenvalue weighted by Gasteiger charge is 2.14. The molecule has 15 heavy (non-hydrogen) atoms. The first-order valence-corrected chi connectivity index (χ1v) is 5.71. The van der Waals surface area contributed by atoms with E-state index in [1.54, 1.807) is 6.33 Å². The quantitative estimate of drug-likeness (QED) is 0.770. The molecule has 0 radical (unpaired) electrons. The highest BCUT2D eigenvalue weighted by atomic mass is 15.1. The van der Waals surface area contributed by atoms with E-state index in [1.165, 1.54) is 38.2 Å². The second-order valence-corrected chi connectivity index (χ2v) is 4.49. The van der Waals surface area contributed by atoms with Crippen molar-refractivity contribution in [1.29, 1.82) is 0 Å². The summed E-state index contributed by atoms with van der Waals surface area (Å²) in [4.78, 5) is 9.53. The van der Waals surface area contributed by atoms with Crippen molar-refractivity contribution in [2.75, 3.05) is 26.7 Å². The Kier molecular flexibility index (Phi) is 3.75. The molecule has 0 spiro atoms. The summed E-state index contributed by atoms with van der Waals surface area (Å²) in [6.07, 6.45) is 6.32. The molecular formula is C11H20N4. The van der Waals surface area contributed by atoms with Gasteiger partial charge in [0.25, 0.3) is 0 Å². The summed E-state index contributed by atoms with van der Waals surface area (Å²) in [5.74, 6) is 0.812. The monoisotopic (exact) mass is 208 g/mol. The fourth-order valence-corrected chi connectivity index (χ4v) is 2.25. The van der Waals surface area contributed by atoms with Gasteiger partial charge in [-0.3, -0.25) is 0 Å². The van der Waals surface area contributed by atoms with Crippen molar-refractivity contribution in [3.63, 3.8) is 0 Å². The number of hydrogen-bond acceptors (Lipinski definition) is 3. The summed E-state index contributed by atoms with van der Waals surface area (Å²) in [5, 5.41) is 3.45. The average Bonchev–Trinajstić information content (AvgIpc) is 2.71. The molecular weight excluding hydrogens is 188 g/mol. The van der Waals surface area contributed by atoms with Crippen molar-refractivity contribution in [2.24, 2.45) is 5.92 Å². The molecule has 2 N–H and O–H groups in total. The number of nitrogens with one attached hydrogen (secondary N) is 2. The number of aromatic nitrogens is 2. The molecule has 84 valence electrons. The lowest BCUT2D eigenvalue weighted by molar-refractivity contribution is 0.236. The minimum absolute atomic E-state index is 0.812. The summed E-state index contributed by atoms with van der Waals surface area (Å²) in [6, 6.07) is 0. The first-order chi connectivity index (χ1) is 7.34. The normalized spacial score (nSPS) is 22.1. The van der Waals surface area contributed by atoms with E-state index >= 15 is 0 Å². The van der Waals surface area contributed by atoms with Crippen LogP contribution in [0.5, 0.6) is 0 Å². The van der Waals surface area contributed by atoms with Gasteiger partial charge in [0.05, 0.1) is 6.33 Å². The molecule has 0 aromatic carbocycles. The predicted molar refractivity (Wildman–Crippen MR) is 60.5 cm³/mol. The third-order valence-corrected chi connectivity index (χ3v) is 2.96. The highest BCUT2D eigenvalue weighted by molar-refractivity contribution is 4.93. The summed E-state index contributed by atoms with van der Waals surface area (Å²) in [7, 11) is 2.18. The SMILES string of the molecule is CN(Cc1cnc[nH]1)CC1CCCNC1. The standard InChI is InChI=1S/C11H20N4/c1-15(8-11-6-13-9-14-11)7-10-3-2-4-12-5-10/h6,9-10,12H,2-5,7-8H2,1H3,(H,13,14). The van der Waals surface area contributed by atoms with E-state index in [0.29, 0.717) is 0 Å². The lowest BCUT2D eigenvalue weighted by atomic mass is 9.99. The third kappa shape index (κ3) is 3.32. The van der Waals surface area contributed by atoms with E-state index in [1.807, 2.05) is 6.20 Å². The van der Waals surface area contributed by atoms with Crippen LogP contribution in [-0.4, -0.2) is 41.5 Å². The number of piperidine rings is 1. The van der Waals surface area contributed by atoms with Gasteiger partial charge in [-0.15, -0.1) is 0 Å². The summed E-state index contributed by atoms with van der Waals surface area (Å²) in [6.45, 7) is 4.51. The Morgan fingerprint density at radius 2 is 2.53 bits per heavy atom. The lowest BCUT2D eigenvalue weighted by Gasteiger charge is -2.27. The van der Waals surface area contributed by atoms with E-state index in [4.69, 9.17) is 0 Å². The molecule has 1 aromatic rings. The highest BCUT2D eigenvalue weighted by Crippen LogP contribution is 2.11. The largest absolute Gasteiger partial charge is 0.347 e. The molecule has 1 aromatic heterocycles. The predicted octanol–water partition coefficient (Wildman–Crippen LogP) is 0.841. The molecule has 4 nitrogen and oxygen atoms in total. The number of aromatic amines is 1. The number of imidazole rings is 1. The van der Waals surface area contributed by atoms with Crippen LogP contribution in [0.15, 0.2) is 12.5 Å². The van der Waals surface area contributed by atoms with Crippen molar-refractivity contribution >= 4 is 0 Å². The van der Waals surface area contributed by atoms with E-state index in [0.717, 1.165) is 12.5 Å². The van der Waals surface area contributed by atoms with E-state index in [2.05, 4.69) is 27.2 Å². The second-order valence-electron chi connectivity index (χ2n) is 4.49. The topological polar surface area (TPSA) is 44.0 Å². The number of hydrogen-bond donors (Lipinski definition) is 2. The van der Waals surface area contributed by atoms with Crippen LogP contribution in [0, 0.1) is 5.92 Å². The van der Waals surface area contributed by atoms with E-state index in [9.17, 15) is 0 Å². The molecule has 1 fully saturated rings. The van der Waals surface area contributed by atoms with Crippen molar-refractivity contribution in [3.8, 4) is 0 Å². The minimum atomic E-state index is 0.812. The summed E-state index contributed by atoms with van der Waals surface area (Å²) >= 11 is 0. The molecule has 2 rings (SSSR count). The molecule has 1 saturated heterocycles. The molecule has 0 aliphatic carbocycles. The third-order valence-electron chi connectivity index (χ3n) is 2.96. The summed E-state index contributed by atoms with van der Waals surface area (Å²) < 4.78 is 0. The Morgan fingerprint density at radius 3 is 3.20 bits per heavy atom. The zero-order valence-corrected chi connectivity index (χ0v) is 9.37. The molecule has 0 bridgehead atoms. The van der Waals surface area contributed by atoms with Gasteiger partial charge in [0.2, 0.25) is 0 Å². The molecule has 4 heteroatoms. The molecule has 1 aliphatic rings. The Bertz CT molecular complexity index is 264. The fraction of sp³-hybridized carbons (Fsp3) is 0.727. The minimum Gasteiger partial charge on any atom is -0.347 e. The van der Waals surface area contributed by atoms with Gasteiger partial charge in [0.1, 0.15) is 0 Å². The Labute approximate surface area is 91.1 Å². The van der Waals surface area contributed by atoms with Crippen LogP contribution < -0.4 is 5.32 Å². The smallest absolute Gasteiger partial charge is 0.0922 e. The first kappa shape index (κ1) is 10.6. The van der Waals surface area contributed by atoms with Crippen LogP contribution in [-0.2, 0) is 6.54 Å². The molecule has 0 amide bonds. The maximum Gasteiger partial charge on any atom is 0.0922 e. The summed E-state index contributed by atoms with van der Waals surface area (Å²) in [5.41, 5.74) is 1.20. The van der Waals surface area contributed by atoms with Gasteiger partial charge in [-0.1, -0.05) is 0 Å². The van der Waals surface area contributed by atoms with Crippen molar-refractivity contribution in [2.45, 2.75) is 19.4 Å². The molecule has 1 atom stereocenters. The van der Waals surface area contributed by atoms with Gasteiger partial charge in [-0.05, 0) is 38.9 Å². The zero-order chi connectivity index (χ0) is 10.5. The molecule has 2 heterocycles. The van der Waals surface area contributed by atoms with Crippen LogP contribution in [0.4, 0.5) is 0 Å². The van der Waals surface area contributed by atoms with Crippen LogP contribution in [0.2, 0.25) is 0 Å². The number of rotatable bonds is 4. The Morgan fingerprint density at radius 1 is 1.60 bits per heavy atom. The lowest BCUT2D eigenvalue weighted by Crippen LogP contribution is -2.36. The van der Waals surface area contributed by atoms with Gasteiger partial charge in [0, 0.05) is 25.0 Å². The Hall–Kier alpha value is -0.870. The van der Waals surface area contributed by atoms with Gasteiger partial charge in [0.15, 0.2) is 0 Å². The number of H-pyrrole nitrogens is 1. The van der Waals surface area contributed by atoms with Crippen LogP contribution in [0.1, 0.15) is 18.5 Å². The zero-order valence-electron chi connectivity index (χ0n) is 9.37. The van der Waals surface area contributed by atoms with Gasteiger partial charge in [-0.2, -0.15) is 0 Å². The Balaban J connectivity index is 1.74. The maximum absolute atomic E-state index is 4.03. The van der Waals surface area contributed by atoms with Crippen LogP contribution in [0.25, 0.3) is 0 Å². The molecule has 1 unspecified atom stereocenters. The second kappa shape index (κ2) is 5.28. The van der Waals surface area contributed by atoms with Crippen LogP contribution in [0.3, 0.4) is 0 Å². The fourth-order valence-electron chi connectivity index (χ4n) is 2.25. The average molecular weight is 208 g/mol. The van der Waals surface area contributed by atoms with Crippen molar-refractivity contribution in [1.82, 2.24) is 20.2 Å². The number of nitrogens with zero attached hydrogens (tertiary/aromatic N) is 2. The van der Waals surface area contributed by atoms with E-state index < -0.39 is 0 Å². The van der Waals surface area contributed by atoms with Crippen molar-refractivity contribution in [3.05, 3.63) is 18.2 Å². The van der Waals surface area contributed by atoms with E-state index in [-0.39, 0.29) is 0 Å². The molecule has 1 aliphatic heterocycles. The maximum atomic E-state index is 4.03. The first-order valence-electron chi connectivity index (χ1n) is 5.71. The van der Waals surface area contributed by atoms with Gasteiger partial charge >= 0.3 is 0 Å². The van der Waals surface area contributed by atoms with Gasteiger partial charge < -0.3 is 15.2 Å². The van der Waals surface area contributed by atoms with Gasteiger partial charge in [-0.25, -0.2) is 4.98 Å². The molecule has 0 saturated carbocycles. The van der Waals surface area contributed by atoms with Crippen molar-refractivity contribution < 1.29 is 0 Å². The van der Waals surface area contributed by atoms with Crippen LogP contribution >= 0.6 is 0 Å².